The van der Waals surface area contributed by atoms with Crippen molar-refractivity contribution in [3.05, 3.63) is 23.8 Å². The van der Waals surface area contributed by atoms with E-state index in [1.807, 2.05) is 0 Å². The number of rotatable bonds is 7. The van der Waals surface area contributed by atoms with Crippen LogP contribution in [0.25, 0.3) is 0 Å². The van der Waals surface area contributed by atoms with Crippen LogP contribution >= 0.6 is 0 Å². The Hall–Kier alpha value is -1.84. The van der Waals surface area contributed by atoms with E-state index in [0.717, 1.165) is 0 Å². The fourth-order valence-electron chi connectivity index (χ4n) is 1.62. The summed E-state index contributed by atoms with van der Waals surface area (Å²) in [4.78, 5) is 0. The van der Waals surface area contributed by atoms with Crippen molar-refractivity contribution in [3.8, 4) is 23.8 Å². The molecule has 1 atom stereocenters. The number of hydrogen-bond acceptors (Lipinski definition) is 4. The molecule has 0 spiro atoms. The van der Waals surface area contributed by atoms with Gasteiger partial charge in [-0.05, 0) is 17.7 Å². The van der Waals surface area contributed by atoms with Gasteiger partial charge in [0.2, 0.25) is 0 Å². The second-order valence-electron chi connectivity index (χ2n) is 3.66. The van der Waals surface area contributed by atoms with Crippen LogP contribution in [0.15, 0.2) is 18.2 Å². The molecule has 19 heavy (non-hydrogen) atoms. The number of nitrogens with two attached hydrogens (primary N) is 1. The van der Waals surface area contributed by atoms with Gasteiger partial charge in [0.25, 0.3) is 0 Å². The van der Waals surface area contributed by atoms with Crippen LogP contribution in [0.1, 0.15) is 11.6 Å². The first-order chi connectivity index (χ1) is 9.12. The zero-order chi connectivity index (χ0) is 14.3. The van der Waals surface area contributed by atoms with Crippen LogP contribution in [-0.4, -0.2) is 26.8 Å². The Bertz CT molecular complexity index is 447. The van der Waals surface area contributed by atoms with Crippen LogP contribution < -0.4 is 20.5 Å². The minimum atomic E-state index is -2.92. The first kappa shape index (κ1) is 15.2. The minimum absolute atomic E-state index is 0.0315. The summed E-state index contributed by atoms with van der Waals surface area (Å²) in [7, 11) is 1.38. The van der Waals surface area contributed by atoms with Gasteiger partial charge in [0, 0.05) is 12.6 Å². The molecule has 0 aliphatic heterocycles. The molecule has 1 aromatic carbocycles. The summed E-state index contributed by atoms with van der Waals surface area (Å²) in [5.41, 5.74) is 6.32. The summed E-state index contributed by atoms with van der Waals surface area (Å²) in [6, 6.07) is 4.50. The normalized spacial score (nSPS) is 12.0. The van der Waals surface area contributed by atoms with Gasteiger partial charge < -0.3 is 15.2 Å². The number of hydrogen-bond donors (Lipinski definition) is 2. The Morgan fingerprint density at radius 3 is 2.68 bits per heavy atom. The standard InChI is InChI=1S/C13H16F2N2O2/c1-3-6-17-10(8-16)9-4-5-11(18-2)12(7-9)19-13(14)15/h1,4-5,7,10,13,17H,6,8,16H2,2H3. The van der Waals surface area contributed by atoms with Crippen molar-refractivity contribution in [1.29, 1.82) is 0 Å². The number of terminal acetylenes is 1. The molecule has 6 heteroatoms. The molecular formula is C13H16F2N2O2. The number of nitrogens with one attached hydrogen (secondary N) is 1. The van der Waals surface area contributed by atoms with Crippen LogP contribution in [0, 0.1) is 12.3 Å². The molecule has 1 rings (SSSR count). The highest BCUT2D eigenvalue weighted by Crippen LogP contribution is 2.31. The van der Waals surface area contributed by atoms with Crippen molar-refractivity contribution in [2.24, 2.45) is 5.73 Å². The van der Waals surface area contributed by atoms with E-state index in [9.17, 15) is 8.78 Å². The van der Waals surface area contributed by atoms with Crippen molar-refractivity contribution in [1.82, 2.24) is 5.32 Å². The predicted octanol–water partition coefficient (Wildman–Crippen LogP) is 1.52. The lowest BCUT2D eigenvalue weighted by molar-refractivity contribution is -0.0512. The average molecular weight is 270 g/mol. The van der Waals surface area contributed by atoms with Crippen LogP contribution in [0.5, 0.6) is 11.5 Å². The summed E-state index contributed by atoms with van der Waals surface area (Å²) < 4.78 is 34.0. The molecule has 4 nitrogen and oxygen atoms in total. The summed E-state index contributed by atoms with van der Waals surface area (Å²) in [5.74, 6) is 2.63. The van der Waals surface area contributed by atoms with E-state index in [1.54, 1.807) is 12.1 Å². The molecule has 1 aromatic rings. The highest BCUT2D eigenvalue weighted by molar-refractivity contribution is 5.44. The molecule has 0 heterocycles. The van der Waals surface area contributed by atoms with Crippen LogP contribution in [0.3, 0.4) is 0 Å². The van der Waals surface area contributed by atoms with Gasteiger partial charge in [-0.2, -0.15) is 8.78 Å². The van der Waals surface area contributed by atoms with Crippen molar-refractivity contribution in [2.45, 2.75) is 12.7 Å². The molecule has 0 saturated heterocycles. The predicted molar refractivity (Wildman–Crippen MR) is 68.3 cm³/mol. The minimum Gasteiger partial charge on any atom is -0.493 e. The van der Waals surface area contributed by atoms with E-state index < -0.39 is 6.61 Å². The lowest BCUT2D eigenvalue weighted by atomic mass is 10.1. The lowest BCUT2D eigenvalue weighted by Crippen LogP contribution is -2.28. The van der Waals surface area contributed by atoms with Gasteiger partial charge in [-0.15, -0.1) is 6.42 Å². The average Bonchev–Trinajstić information content (AvgIpc) is 2.39. The third-order valence-corrected chi connectivity index (χ3v) is 2.49. The highest BCUT2D eigenvalue weighted by atomic mass is 19.3. The number of alkyl halides is 2. The van der Waals surface area contributed by atoms with Crippen LogP contribution in [0.4, 0.5) is 8.78 Å². The van der Waals surface area contributed by atoms with Crippen molar-refractivity contribution >= 4 is 0 Å². The van der Waals surface area contributed by atoms with Crippen LogP contribution in [-0.2, 0) is 0 Å². The molecule has 0 aromatic heterocycles. The second kappa shape index (κ2) is 7.56. The molecule has 0 fully saturated rings. The summed E-state index contributed by atoms with van der Waals surface area (Å²) in [6.07, 6.45) is 5.15. The second-order valence-corrected chi connectivity index (χ2v) is 3.66. The largest absolute Gasteiger partial charge is 0.493 e. The topological polar surface area (TPSA) is 56.5 Å². The van der Waals surface area contributed by atoms with Crippen molar-refractivity contribution < 1.29 is 18.3 Å². The lowest BCUT2D eigenvalue weighted by Gasteiger charge is -2.18. The van der Waals surface area contributed by atoms with Gasteiger partial charge in [0.15, 0.2) is 11.5 Å². The maximum atomic E-state index is 12.3. The summed E-state index contributed by atoms with van der Waals surface area (Å²) in [5, 5.41) is 3.01. The summed E-state index contributed by atoms with van der Waals surface area (Å²) >= 11 is 0. The molecular weight excluding hydrogens is 254 g/mol. The van der Waals surface area contributed by atoms with Crippen LogP contribution in [0.2, 0.25) is 0 Å². The Kier molecular flexibility index (Phi) is 6.06. The molecule has 0 amide bonds. The molecule has 0 saturated carbocycles. The van der Waals surface area contributed by atoms with E-state index in [1.165, 1.54) is 13.2 Å². The van der Waals surface area contributed by atoms with Gasteiger partial charge in [-0.3, -0.25) is 5.32 Å². The Morgan fingerprint density at radius 2 is 2.16 bits per heavy atom. The van der Waals surface area contributed by atoms with E-state index in [0.29, 0.717) is 12.1 Å². The third-order valence-electron chi connectivity index (χ3n) is 2.49. The smallest absolute Gasteiger partial charge is 0.387 e. The number of ether oxygens (including phenoxy) is 2. The van der Waals surface area contributed by atoms with Gasteiger partial charge in [0.05, 0.1) is 13.7 Å². The maximum Gasteiger partial charge on any atom is 0.387 e. The zero-order valence-electron chi connectivity index (χ0n) is 10.5. The molecule has 104 valence electrons. The van der Waals surface area contributed by atoms with Crippen molar-refractivity contribution in [2.75, 3.05) is 20.2 Å². The monoisotopic (exact) mass is 270 g/mol. The fraction of sp³-hybridized carbons (Fsp3) is 0.385. The Labute approximate surface area is 110 Å². The molecule has 0 aliphatic carbocycles. The van der Waals surface area contributed by atoms with Crippen molar-refractivity contribution in [3.63, 3.8) is 0 Å². The summed E-state index contributed by atoms with van der Waals surface area (Å²) in [6.45, 7) is -2.31. The molecule has 0 aliphatic rings. The first-order valence-electron chi connectivity index (χ1n) is 5.62. The highest BCUT2D eigenvalue weighted by Gasteiger charge is 2.15. The number of halogens is 2. The molecule has 0 bridgehead atoms. The third kappa shape index (κ3) is 4.39. The quantitative estimate of drug-likeness (QED) is 0.738. The van der Waals surface area contributed by atoms with E-state index >= 15 is 0 Å². The molecule has 3 N–H and O–H groups in total. The molecule has 0 radical (unpaired) electrons. The van der Waals surface area contributed by atoms with Gasteiger partial charge in [-0.1, -0.05) is 12.0 Å². The van der Waals surface area contributed by atoms with Gasteiger partial charge >= 0.3 is 6.61 Å². The van der Waals surface area contributed by atoms with Gasteiger partial charge in [-0.25, -0.2) is 0 Å². The Morgan fingerprint density at radius 1 is 1.42 bits per heavy atom. The maximum absolute atomic E-state index is 12.3. The first-order valence-corrected chi connectivity index (χ1v) is 5.62. The number of methoxy groups -OCH3 is 1. The zero-order valence-corrected chi connectivity index (χ0v) is 10.5. The van der Waals surface area contributed by atoms with E-state index in [-0.39, 0.29) is 24.1 Å². The Balaban J connectivity index is 2.98. The SMILES string of the molecule is C#CCNC(CN)c1ccc(OC)c(OC(F)F)c1. The van der Waals surface area contributed by atoms with E-state index in [4.69, 9.17) is 16.9 Å². The van der Waals surface area contributed by atoms with E-state index in [2.05, 4.69) is 16.0 Å². The number of benzene rings is 1. The van der Waals surface area contributed by atoms with Gasteiger partial charge in [0.1, 0.15) is 0 Å². The fourth-order valence-corrected chi connectivity index (χ4v) is 1.62. The molecule has 1 unspecified atom stereocenters.